The van der Waals surface area contributed by atoms with Gasteiger partial charge in [0.1, 0.15) is 18.1 Å². The number of hydrogen-bond acceptors (Lipinski definition) is 5. The zero-order chi connectivity index (χ0) is 18.2. The normalized spacial score (nSPS) is 15.7. The van der Waals surface area contributed by atoms with Gasteiger partial charge in [0.25, 0.3) is 0 Å². The number of hydrogen-bond donors (Lipinski definition) is 5. The Morgan fingerprint density at radius 3 is 1.70 bits per heavy atom. The van der Waals surface area contributed by atoms with E-state index in [1.165, 1.54) is 13.8 Å². The molecule has 0 aliphatic carbocycles. The summed E-state index contributed by atoms with van der Waals surface area (Å²) in [5.74, 6) is -2.13. The molecule has 132 valence electrons. The fourth-order valence-electron chi connectivity index (χ4n) is 1.71. The topological polar surface area (TPSA) is 156 Å². The van der Waals surface area contributed by atoms with Gasteiger partial charge in [0.2, 0.25) is 23.6 Å². The van der Waals surface area contributed by atoms with Crippen molar-refractivity contribution in [3.63, 3.8) is 0 Å². The quantitative estimate of drug-likeness (QED) is 0.334. The summed E-state index contributed by atoms with van der Waals surface area (Å²) in [4.78, 5) is 46.7. The highest BCUT2D eigenvalue weighted by atomic mass is 16.2. The SMILES string of the molecule is CCC(NC(=O)C(C)NC(=O)C(CC)NC(=O)C(C)N)C(N)=O. The molecular weight excluding hydrogens is 302 g/mol. The van der Waals surface area contributed by atoms with Gasteiger partial charge in [0.15, 0.2) is 0 Å². The van der Waals surface area contributed by atoms with Crippen LogP contribution < -0.4 is 27.4 Å². The molecule has 4 unspecified atom stereocenters. The third-order valence-electron chi connectivity index (χ3n) is 3.28. The van der Waals surface area contributed by atoms with Crippen molar-refractivity contribution in [2.75, 3.05) is 0 Å². The first kappa shape index (κ1) is 20.8. The van der Waals surface area contributed by atoms with E-state index in [2.05, 4.69) is 16.0 Å². The van der Waals surface area contributed by atoms with Crippen LogP contribution in [0.15, 0.2) is 0 Å². The van der Waals surface area contributed by atoms with Gasteiger partial charge in [0.05, 0.1) is 6.04 Å². The van der Waals surface area contributed by atoms with E-state index in [0.717, 1.165) is 0 Å². The number of carbonyl (C=O) groups is 4. The van der Waals surface area contributed by atoms with Gasteiger partial charge >= 0.3 is 0 Å². The van der Waals surface area contributed by atoms with Crippen molar-refractivity contribution >= 4 is 23.6 Å². The summed E-state index contributed by atoms with van der Waals surface area (Å²) >= 11 is 0. The Labute approximate surface area is 135 Å². The molecule has 0 spiro atoms. The van der Waals surface area contributed by atoms with Crippen LogP contribution in [-0.2, 0) is 19.2 Å². The van der Waals surface area contributed by atoms with E-state index in [1.54, 1.807) is 13.8 Å². The largest absolute Gasteiger partial charge is 0.368 e. The summed E-state index contributed by atoms with van der Waals surface area (Å²) < 4.78 is 0. The Morgan fingerprint density at radius 2 is 1.30 bits per heavy atom. The average molecular weight is 329 g/mol. The maximum atomic E-state index is 12.1. The van der Waals surface area contributed by atoms with Crippen molar-refractivity contribution in [2.45, 2.75) is 64.7 Å². The van der Waals surface area contributed by atoms with Gasteiger partial charge in [-0.1, -0.05) is 13.8 Å². The minimum absolute atomic E-state index is 0.345. The lowest BCUT2D eigenvalue weighted by Gasteiger charge is -2.22. The number of carbonyl (C=O) groups excluding carboxylic acids is 4. The second-order valence-corrected chi connectivity index (χ2v) is 5.36. The van der Waals surface area contributed by atoms with Crippen LogP contribution in [0.1, 0.15) is 40.5 Å². The zero-order valence-corrected chi connectivity index (χ0v) is 14.0. The fourth-order valence-corrected chi connectivity index (χ4v) is 1.71. The summed E-state index contributed by atoms with van der Waals surface area (Å²) in [6, 6.07) is -3.20. The highest BCUT2D eigenvalue weighted by Gasteiger charge is 2.25. The van der Waals surface area contributed by atoms with Crippen molar-refractivity contribution in [3.05, 3.63) is 0 Å². The third kappa shape index (κ3) is 7.09. The minimum Gasteiger partial charge on any atom is -0.368 e. The molecule has 4 atom stereocenters. The van der Waals surface area contributed by atoms with Crippen LogP contribution in [-0.4, -0.2) is 47.8 Å². The lowest BCUT2D eigenvalue weighted by atomic mass is 10.1. The molecule has 0 radical (unpaired) electrons. The molecule has 0 aliphatic rings. The van der Waals surface area contributed by atoms with Crippen LogP contribution in [0.4, 0.5) is 0 Å². The number of nitrogens with two attached hydrogens (primary N) is 2. The average Bonchev–Trinajstić information content (AvgIpc) is 2.48. The Kier molecular flexibility index (Phi) is 8.86. The molecular formula is C14H27N5O4. The van der Waals surface area contributed by atoms with Crippen molar-refractivity contribution < 1.29 is 19.2 Å². The van der Waals surface area contributed by atoms with E-state index < -0.39 is 47.8 Å². The monoisotopic (exact) mass is 329 g/mol. The van der Waals surface area contributed by atoms with Crippen molar-refractivity contribution in [3.8, 4) is 0 Å². The molecule has 0 saturated heterocycles. The number of rotatable bonds is 9. The van der Waals surface area contributed by atoms with Crippen molar-refractivity contribution in [1.82, 2.24) is 16.0 Å². The number of nitrogens with one attached hydrogen (secondary N) is 3. The molecule has 0 aromatic rings. The number of amides is 4. The molecule has 23 heavy (non-hydrogen) atoms. The maximum absolute atomic E-state index is 12.1. The van der Waals surface area contributed by atoms with E-state index in [0.29, 0.717) is 12.8 Å². The first-order valence-electron chi connectivity index (χ1n) is 7.59. The summed E-state index contributed by atoms with van der Waals surface area (Å²) in [5.41, 5.74) is 10.6. The zero-order valence-electron chi connectivity index (χ0n) is 14.0. The molecule has 0 saturated carbocycles. The standard InChI is InChI=1S/C14H27N5O4/c1-5-9(11(16)20)18-13(22)8(4)17-14(23)10(6-2)19-12(21)7(3)15/h7-10H,5-6,15H2,1-4H3,(H2,16,20)(H,17,23)(H,18,22)(H,19,21). The molecule has 0 aromatic heterocycles. The highest BCUT2D eigenvalue weighted by Crippen LogP contribution is 1.96. The molecule has 0 fully saturated rings. The van der Waals surface area contributed by atoms with Crippen LogP contribution in [0.25, 0.3) is 0 Å². The van der Waals surface area contributed by atoms with Gasteiger partial charge in [-0.25, -0.2) is 0 Å². The van der Waals surface area contributed by atoms with Crippen molar-refractivity contribution in [2.24, 2.45) is 11.5 Å². The van der Waals surface area contributed by atoms with Gasteiger partial charge in [0, 0.05) is 0 Å². The second kappa shape index (κ2) is 9.78. The van der Waals surface area contributed by atoms with E-state index >= 15 is 0 Å². The highest BCUT2D eigenvalue weighted by molar-refractivity contribution is 5.94. The van der Waals surface area contributed by atoms with E-state index in [9.17, 15) is 19.2 Å². The summed E-state index contributed by atoms with van der Waals surface area (Å²) in [6.45, 7) is 6.40. The van der Waals surface area contributed by atoms with Crippen LogP contribution >= 0.6 is 0 Å². The summed E-state index contributed by atoms with van der Waals surface area (Å²) in [5, 5.41) is 7.43. The van der Waals surface area contributed by atoms with Gasteiger partial charge in [-0.2, -0.15) is 0 Å². The van der Waals surface area contributed by atoms with E-state index in [-0.39, 0.29) is 0 Å². The molecule has 0 rings (SSSR count). The van der Waals surface area contributed by atoms with Crippen LogP contribution in [0.5, 0.6) is 0 Å². The number of primary amides is 1. The fraction of sp³-hybridized carbons (Fsp3) is 0.714. The molecule has 0 aromatic carbocycles. The van der Waals surface area contributed by atoms with Crippen LogP contribution in [0, 0.1) is 0 Å². The lowest BCUT2D eigenvalue weighted by Crippen LogP contribution is -2.56. The molecule has 9 heteroatoms. The summed E-state index contributed by atoms with van der Waals surface area (Å²) in [7, 11) is 0. The van der Waals surface area contributed by atoms with E-state index in [4.69, 9.17) is 11.5 Å². The second-order valence-electron chi connectivity index (χ2n) is 5.36. The Hall–Kier alpha value is -2.16. The smallest absolute Gasteiger partial charge is 0.243 e. The van der Waals surface area contributed by atoms with Crippen molar-refractivity contribution in [1.29, 1.82) is 0 Å². The molecule has 0 heterocycles. The minimum atomic E-state index is -0.878. The molecule has 0 aliphatic heterocycles. The molecule has 7 N–H and O–H groups in total. The Balaban J connectivity index is 4.64. The third-order valence-corrected chi connectivity index (χ3v) is 3.28. The lowest BCUT2D eigenvalue weighted by molar-refractivity contribution is -0.133. The molecule has 0 bridgehead atoms. The predicted octanol–water partition coefficient (Wildman–Crippen LogP) is -1.89. The Morgan fingerprint density at radius 1 is 0.826 bits per heavy atom. The first-order valence-corrected chi connectivity index (χ1v) is 7.59. The van der Waals surface area contributed by atoms with Gasteiger partial charge in [-0.05, 0) is 26.7 Å². The Bertz CT molecular complexity index is 452. The van der Waals surface area contributed by atoms with E-state index in [1.807, 2.05) is 0 Å². The van der Waals surface area contributed by atoms with Gasteiger partial charge < -0.3 is 27.4 Å². The van der Waals surface area contributed by atoms with Crippen LogP contribution in [0.3, 0.4) is 0 Å². The summed E-state index contributed by atoms with van der Waals surface area (Å²) in [6.07, 6.45) is 0.696. The van der Waals surface area contributed by atoms with Crippen LogP contribution in [0.2, 0.25) is 0 Å². The van der Waals surface area contributed by atoms with Gasteiger partial charge in [-0.15, -0.1) is 0 Å². The molecule has 4 amide bonds. The molecule has 9 nitrogen and oxygen atoms in total. The maximum Gasteiger partial charge on any atom is 0.243 e. The van der Waals surface area contributed by atoms with Gasteiger partial charge in [-0.3, -0.25) is 19.2 Å². The predicted molar refractivity (Wildman–Crippen MR) is 84.9 cm³/mol. The first-order chi connectivity index (χ1) is 10.6.